The quantitative estimate of drug-likeness (QED) is 0.173. The molecular weight excluding hydrogens is 485 g/mol. The predicted molar refractivity (Wildman–Crippen MR) is 120 cm³/mol. The molecule has 0 bridgehead atoms. The van der Waals surface area contributed by atoms with Crippen LogP contribution >= 0.6 is 34.8 Å². The van der Waals surface area contributed by atoms with E-state index in [1.165, 1.54) is 42.5 Å². The molecule has 0 aliphatic rings. The highest BCUT2D eigenvalue weighted by molar-refractivity contribution is 7.90. The molecule has 0 fully saturated rings. The number of sulfone groups is 1. The van der Waals surface area contributed by atoms with E-state index in [0.29, 0.717) is 5.56 Å². The number of Topliss-reactive ketones (excluding diaryl/α,β-unsaturated/α-hetero) is 1. The van der Waals surface area contributed by atoms with Gasteiger partial charge in [-0.3, -0.25) is 14.9 Å². The number of nitro groups is 1. The van der Waals surface area contributed by atoms with Gasteiger partial charge in [0.2, 0.25) is 0 Å². The Balaban J connectivity index is 1.90. The van der Waals surface area contributed by atoms with Gasteiger partial charge in [-0.25, -0.2) is 8.42 Å². The van der Waals surface area contributed by atoms with Crippen molar-refractivity contribution in [2.45, 2.75) is 17.1 Å². The molecule has 0 aliphatic heterocycles. The molecule has 0 atom stereocenters. The standard InChI is InChI=1S/C21H14Cl3NO5S/c22-18-8-13(9-19(23)21(18)24)10-20(26)17-7-2-1-4-14(17)12-31(29,30)16-6-3-5-15(11-16)25(27)28/h1-9,11H,10,12H2. The van der Waals surface area contributed by atoms with Crippen molar-refractivity contribution in [2.75, 3.05) is 0 Å². The fourth-order valence-corrected chi connectivity index (χ4v) is 5.04. The van der Waals surface area contributed by atoms with E-state index < -0.39 is 20.5 Å². The van der Waals surface area contributed by atoms with Crippen molar-refractivity contribution in [3.8, 4) is 0 Å². The minimum absolute atomic E-state index is 0.0650. The van der Waals surface area contributed by atoms with Gasteiger partial charge in [0.1, 0.15) is 0 Å². The van der Waals surface area contributed by atoms with Crippen LogP contribution in [0.3, 0.4) is 0 Å². The zero-order valence-corrected chi connectivity index (χ0v) is 18.8. The second-order valence-corrected chi connectivity index (χ2v) is 9.83. The normalized spacial score (nSPS) is 11.3. The Kier molecular flexibility index (Phi) is 7.01. The molecule has 0 spiro atoms. The van der Waals surface area contributed by atoms with Crippen molar-refractivity contribution < 1.29 is 18.1 Å². The molecular formula is C21H14Cl3NO5S. The summed E-state index contributed by atoms with van der Waals surface area (Å²) in [5.41, 5.74) is 0.701. The van der Waals surface area contributed by atoms with Gasteiger partial charge in [-0.05, 0) is 29.3 Å². The van der Waals surface area contributed by atoms with E-state index in [0.717, 1.165) is 6.07 Å². The molecule has 0 radical (unpaired) electrons. The van der Waals surface area contributed by atoms with Crippen LogP contribution in [0.5, 0.6) is 0 Å². The number of benzene rings is 3. The second kappa shape index (κ2) is 9.36. The Morgan fingerprint density at radius 2 is 1.58 bits per heavy atom. The number of nitrogens with zero attached hydrogens (tertiary/aromatic N) is 1. The highest BCUT2D eigenvalue weighted by atomic mass is 35.5. The summed E-state index contributed by atoms with van der Waals surface area (Å²) in [6, 6.07) is 14.1. The van der Waals surface area contributed by atoms with E-state index in [1.54, 1.807) is 12.1 Å². The van der Waals surface area contributed by atoms with Gasteiger partial charge in [-0.2, -0.15) is 0 Å². The van der Waals surface area contributed by atoms with Crippen molar-refractivity contribution in [3.63, 3.8) is 0 Å². The first-order chi connectivity index (χ1) is 14.6. The van der Waals surface area contributed by atoms with Crippen molar-refractivity contribution in [3.05, 3.63) is 103 Å². The summed E-state index contributed by atoms with van der Waals surface area (Å²) in [7, 11) is -3.93. The van der Waals surface area contributed by atoms with Crippen LogP contribution in [0.2, 0.25) is 15.1 Å². The highest BCUT2D eigenvalue weighted by Crippen LogP contribution is 2.32. The number of halogens is 3. The molecule has 0 amide bonds. The third-order valence-electron chi connectivity index (χ3n) is 4.46. The monoisotopic (exact) mass is 497 g/mol. The van der Waals surface area contributed by atoms with Crippen LogP contribution in [-0.4, -0.2) is 19.1 Å². The molecule has 3 rings (SSSR count). The van der Waals surface area contributed by atoms with Crippen LogP contribution in [-0.2, 0) is 22.0 Å². The lowest BCUT2D eigenvalue weighted by Gasteiger charge is -2.11. The topological polar surface area (TPSA) is 94.3 Å². The summed E-state index contributed by atoms with van der Waals surface area (Å²) in [6.07, 6.45) is -0.0650. The fourth-order valence-electron chi connectivity index (χ4n) is 2.99. The number of nitro benzene ring substituents is 1. The lowest BCUT2D eigenvalue weighted by atomic mass is 9.99. The van der Waals surface area contributed by atoms with Crippen LogP contribution < -0.4 is 0 Å². The molecule has 0 aliphatic carbocycles. The molecule has 0 aromatic heterocycles. The van der Waals surface area contributed by atoms with Crippen molar-refractivity contribution in [1.82, 2.24) is 0 Å². The maximum Gasteiger partial charge on any atom is 0.270 e. The van der Waals surface area contributed by atoms with Gasteiger partial charge in [-0.15, -0.1) is 0 Å². The van der Waals surface area contributed by atoms with Crippen LogP contribution in [0.4, 0.5) is 5.69 Å². The van der Waals surface area contributed by atoms with Crippen molar-refractivity contribution in [2.24, 2.45) is 0 Å². The maximum atomic E-state index is 12.9. The lowest BCUT2D eigenvalue weighted by Crippen LogP contribution is -2.12. The predicted octanol–water partition coefficient (Wildman–Crippen LogP) is 5.95. The fraction of sp³-hybridized carbons (Fsp3) is 0.0952. The van der Waals surface area contributed by atoms with Crippen molar-refractivity contribution >= 4 is 56.1 Å². The summed E-state index contributed by atoms with van der Waals surface area (Å²) >= 11 is 18.0. The van der Waals surface area contributed by atoms with Gasteiger partial charge in [-0.1, -0.05) is 65.1 Å². The molecule has 0 saturated heterocycles. The molecule has 0 heterocycles. The first kappa shape index (κ1) is 23.2. The van der Waals surface area contributed by atoms with Gasteiger partial charge in [0, 0.05) is 24.1 Å². The van der Waals surface area contributed by atoms with Gasteiger partial charge in [0.05, 0.1) is 30.6 Å². The van der Waals surface area contributed by atoms with Crippen LogP contribution in [0.15, 0.2) is 65.6 Å². The van der Waals surface area contributed by atoms with E-state index >= 15 is 0 Å². The number of ketones is 1. The van der Waals surface area contributed by atoms with E-state index in [4.69, 9.17) is 34.8 Å². The number of hydrogen-bond donors (Lipinski definition) is 0. The Labute approximate surface area is 193 Å². The number of carbonyl (C=O) groups excluding carboxylic acids is 1. The molecule has 0 unspecified atom stereocenters. The molecule has 0 N–H and O–H groups in total. The number of non-ortho nitro benzene ring substituents is 1. The minimum atomic E-state index is -3.93. The van der Waals surface area contributed by atoms with Gasteiger partial charge < -0.3 is 0 Å². The molecule has 31 heavy (non-hydrogen) atoms. The lowest BCUT2D eigenvalue weighted by molar-refractivity contribution is -0.385. The summed E-state index contributed by atoms with van der Waals surface area (Å²) in [5, 5.41) is 11.6. The summed E-state index contributed by atoms with van der Waals surface area (Å²) in [4.78, 5) is 23.0. The SMILES string of the molecule is O=C(Cc1cc(Cl)c(Cl)c(Cl)c1)c1ccccc1CS(=O)(=O)c1cccc([N+](=O)[O-])c1. The summed E-state index contributed by atoms with van der Waals surface area (Å²) in [5.74, 6) is -0.822. The number of hydrogen-bond acceptors (Lipinski definition) is 5. The zero-order chi connectivity index (χ0) is 22.8. The number of carbonyl (C=O) groups is 1. The molecule has 160 valence electrons. The van der Waals surface area contributed by atoms with E-state index in [1.807, 2.05) is 0 Å². The van der Waals surface area contributed by atoms with Crippen LogP contribution in [0, 0.1) is 10.1 Å². The van der Waals surface area contributed by atoms with E-state index in [-0.39, 0.29) is 49.0 Å². The Bertz CT molecular complexity index is 1270. The maximum absolute atomic E-state index is 12.9. The average molecular weight is 499 g/mol. The second-order valence-electron chi connectivity index (χ2n) is 6.64. The molecule has 10 heteroatoms. The van der Waals surface area contributed by atoms with E-state index in [9.17, 15) is 23.3 Å². The van der Waals surface area contributed by atoms with Crippen molar-refractivity contribution in [1.29, 1.82) is 0 Å². The minimum Gasteiger partial charge on any atom is -0.294 e. The first-order valence-corrected chi connectivity index (χ1v) is 11.6. The zero-order valence-electron chi connectivity index (χ0n) is 15.7. The van der Waals surface area contributed by atoms with Gasteiger partial charge in [0.25, 0.3) is 5.69 Å². The Hall–Kier alpha value is -2.45. The Morgan fingerprint density at radius 1 is 0.935 bits per heavy atom. The van der Waals surface area contributed by atoms with Gasteiger partial charge >= 0.3 is 0 Å². The third-order valence-corrected chi connectivity index (χ3v) is 7.32. The average Bonchev–Trinajstić information content (AvgIpc) is 2.72. The highest BCUT2D eigenvalue weighted by Gasteiger charge is 2.22. The Morgan fingerprint density at radius 3 is 2.23 bits per heavy atom. The molecule has 0 saturated carbocycles. The third kappa shape index (κ3) is 5.43. The van der Waals surface area contributed by atoms with Gasteiger partial charge in [0.15, 0.2) is 15.6 Å². The number of rotatable bonds is 7. The largest absolute Gasteiger partial charge is 0.294 e. The van der Waals surface area contributed by atoms with E-state index in [2.05, 4.69) is 0 Å². The summed E-state index contributed by atoms with van der Waals surface area (Å²) < 4.78 is 25.7. The smallest absolute Gasteiger partial charge is 0.270 e. The first-order valence-electron chi connectivity index (χ1n) is 8.80. The summed E-state index contributed by atoms with van der Waals surface area (Å²) in [6.45, 7) is 0. The molecule has 3 aromatic rings. The molecule has 6 nitrogen and oxygen atoms in total. The van der Waals surface area contributed by atoms with Crippen LogP contribution in [0.25, 0.3) is 0 Å². The van der Waals surface area contributed by atoms with Crippen LogP contribution in [0.1, 0.15) is 21.5 Å². The molecule has 3 aromatic carbocycles.